The summed E-state index contributed by atoms with van der Waals surface area (Å²) in [5.74, 6) is 0.471. The Morgan fingerprint density at radius 1 is 1.00 bits per heavy atom. The zero-order chi connectivity index (χ0) is 19.1. The number of hydrogen-bond donors (Lipinski definition) is 1. The molecule has 5 heteroatoms. The molecule has 0 atom stereocenters. The second kappa shape index (κ2) is 9.33. The minimum Gasteiger partial charge on any atom is -0.483 e. The highest BCUT2D eigenvalue weighted by Gasteiger charge is 2.07. The number of benzene rings is 2. The lowest BCUT2D eigenvalue weighted by Crippen LogP contribution is -2.20. The van der Waals surface area contributed by atoms with E-state index < -0.39 is 0 Å². The molecule has 0 radical (unpaired) electrons. The topological polar surface area (TPSA) is 51.2 Å². The second-order valence-electron chi connectivity index (χ2n) is 6.18. The number of rotatable bonds is 7. The van der Waals surface area contributed by atoms with Gasteiger partial charge in [0.15, 0.2) is 6.61 Å². The average Bonchev–Trinajstić information content (AvgIpc) is 2.69. The van der Waals surface area contributed by atoms with Crippen LogP contribution in [0.5, 0.6) is 5.75 Å². The number of nitrogens with zero attached hydrogens (tertiary/aromatic N) is 1. The Morgan fingerprint density at radius 3 is 2.33 bits per heavy atom. The molecule has 0 saturated carbocycles. The van der Waals surface area contributed by atoms with E-state index in [0.29, 0.717) is 5.75 Å². The molecule has 138 valence electrons. The van der Waals surface area contributed by atoms with Crippen LogP contribution in [-0.2, 0) is 17.6 Å². The standard InChI is InChI=1S/C22H21BrN2O2/c1-2-16-5-8-21(20(23)14-16)27-15-22(26)25-19-6-3-17(4-7-19)13-18-9-11-24-12-10-18/h3-12,14H,2,13,15H2,1H3,(H,25,26). The normalized spacial score (nSPS) is 10.4. The van der Waals surface area contributed by atoms with Gasteiger partial charge in [-0.05, 0) is 81.9 Å². The van der Waals surface area contributed by atoms with Crippen molar-refractivity contribution in [2.24, 2.45) is 0 Å². The quantitative estimate of drug-likeness (QED) is 0.579. The summed E-state index contributed by atoms with van der Waals surface area (Å²) in [7, 11) is 0. The van der Waals surface area contributed by atoms with Crippen LogP contribution in [-0.4, -0.2) is 17.5 Å². The van der Waals surface area contributed by atoms with Crippen molar-refractivity contribution in [1.82, 2.24) is 4.98 Å². The van der Waals surface area contributed by atoms with Gasteiger partial charge in [0.05, 0.1) is 4.47 Å². The first-order chi connectivity index (χ1) is 13.1. The van der Waals surface area contributed by atoms with Crippen LogP contribution >= 0.6 is 15.9 Å². The summed E-state index contributed by atoms with van der Waals surface area (Å²) in [4.78, 5) is 16.2. The Labute approximate surface area is 167 Å². The fraction of sp³-hybridized carbons (Fsp3) is 0.182. The number of hydrogen-bond acceptors (Lipinski definition) is 3. The Kier molecular flexibility index (Phi) is 6.60. The smallest absolute Gasteiger partial charge is 0.262 e. The molecule has 1 aromatic heterocycles. The summed E-state index contributed by atoms with van der Waals surface area (Å²) >= 11 is 3.48. The third-order valence-corrected chi connectivity index (χ3v) is 4.78. The molecule has 0 spiro atoms. The molecule has 0 aliphatic heterocycles. The molecule has 0 aliphatic rings. The van der Waals surface area contributed by atoms with Gasteiger partial charge in [-0.15, -0.1) is 0 Å². The summed E-state index contributed by atoms with van der Waals surface area (Å²) in [6.07, 6.45) is 5.37. The van der Waals surface area contributed by atoms with Crippen LogP contribution in [0.15, 0.2) is 71.5 Å². The number of aryl methyl sites for hydroxylation is 1. The van der Waals surface area contributed by atoms with Crippen molar-refractivity contribution < 1.29 is 9.53 Å². The maximum atomic E-state index is 12.1. The first-order valence-corrected chi connectivity index (χ1v) is 9.62. The molecule has 3 aromatic rings. The van der Waals surface area contributed by atoms with E-state index in [1.165, 1.54) is 16.7 Å². The third kappa shape index (κ3) is 5.66. The van der Waals surface area contributed by atoms with Crippen molar-refractivity contribution in [1.29, 1.82) is 0 Å². The van der Waals surface area contributed by atoms with Gasteiger partial charge in [-0.3, -0.25) is 9.78 Å². The Hall–Kier alpha value is -2.66. The minimum atomic E-state index is -0.191. The van der Waals surface area contributed by atoms with E-state index in [-0.39, 0.29) is 12.5 Å². The van der Waals surface area contributed by atoms with Gasteiger partial charge in [-0.1, -0.05) is 25.1 Å². The van der Waals surface area contributed by atoms with Gasteiger partial charge in [-0.2, -0.15) is 0 Å². The Bertz CT molecular complexity index is 896. The SMILES string of the molecule is CCc1ccc(OCC(=O)Nc2ccc(Cc3ccncc3)cc2)c(Br)c1. The monoisotopic (exact) mass is 424 g/mol. The van der Waals surface area contributed by atoms with Gasteiger partial charge >= 0.3 is 0 Å². The highest BCUT2D eigenvalue weighted by molar-refractivity contribution is 9.10. The molecule has 1 amide bonds. The fourth-order valence-electron chi connectivity index (χ4n) is 2.66. The molecule has 4 nitrogen and oxygen atoms in total. The van der Waals surface area contributed by atoms with Crippen LogP contribution in [0, 0.1) is 0 Å². The minimum absolute atomic E-state index is 0.0389. The van der Waals surface area contributed by atoms with Crippen molar-refractivity contribution in [2.75, 3.05) is 11.9 Å². The lowest BCUT2D eigenvalue weighted by molar-refractivity contribution is -0.118. The zero-order valence-corrected chi connectivity index (χ0v) is 16.7. The van der Waals surface area contributed by atoms with Crippen molar-refractivity contribution >= 4 is 27.5 Å². The van der Waals surface area contributed by atoms with E-state index in [1.807, 2.05) is 54.6 Å². The van der Waals surface area contributed by atoms with Gasteiger partial charge < -0.3 is 10.1 Å². The largest absolute Gasteiger partial charge is 0.483 e. The summed E-state index contributed by atoms with van der Waals surface area (Å²) in [5.41, 5.74) is 4.35. The summed E-state index contributed by atoms with van der Waals surface area (Å²) in [5, 5.41) is 2.86. The van der Waals surface area contributed by atoms with Crippen molar-refractivity contribution in [3.8, 4) is 5.75 Å². The van der Waals surface area contributed by atoms with Gasteiger partial charge in [0.25, 0.3) is 5.91 Å². The molecule has 0 aliphatic carbocycles. The molecule has 3 rings (SSSR count). The predicted octanol–water partition coefficient (Wildman–Crippen LogP) is 5.01. The van der Waals surface area contributed by atoms with E-state index in [1.54, 1.807) is 12.4 Å². The maximum Gasteiger partial charge on any atom is 0.262 e. The molecule has 2 aromatic carbocycles. The number of aromatic nitrogens is 1. The Morgan fingerprint density at radius 2 is 1.67 bits per heavy atom. The lowest BCUT2D eigenvalue weighted by atomic mass is 10.1. The van der Waals surface area contributed by atoms with Gasteiger partial charge in [-0.25, -0.2) is 0 Å². The molecule has 0 fully saturated rings. The summed E-state index contributed by atoms with van der Waals surface area (Å²) in [6, 6.07) is 17.7. The van der Waals surface area contributed by atoms with Gasteiger partial charge in [0.2, 0.25) is 0 Å². The van der Waals surface area contributed by atoms with E-state index >= 15 is 0 Å². The third-order valence-electron chi connectivity index (χ3n) is 4.16. The Balaban J connectivity index is 1.52. The number of carbonyl (C=O) groups excluding carboxylic acids is 1. The van der Waals surface area contributed by atoms with Crippen LogP contribution in [0.4, 0.5) is 5.69 Å². The molecular weight excluding hydrogens is 404 g/mol. The van der Waals surface area contributed by atoms with Crippen molar-refractivity contribution in [2.45, 2.75) is 19.8 Å². The molecule has 0 bridgehead atoms. The van der Waals surface area contributed by atoms with E-state index in [4.69, 9.17) is 4.74 Å². The summed E-state index contributed by atoms with van der Waals surface area (Å²) in [6.45, 7) is 2.06. The summed E-state index contributed by atoms with van der Waals surface area (Å²) < 4.78 is 6.46. The van der Waals surface area contributed by atoms with E-state index in [9.17, 15) is 4.79 Å². The lowest BCUT2D eigenvalue weighted by Gasteiger charge is -2.10. The van der Waals surface area contributed by atoms with Crippen LogP contribution in [0.25, 0.3) is 0 Å². The zero-order valence-electron chi connectivity index (χ0n) is 15.1. The first-order valence-electron chi connectivity index (χ1n) is 8.83. The number of anilines is 1. The van der Waals surface area contributed by atoms with Crippen LogP contribution < -0.4 is 10.1 Å². The molecule has 27 heavy (non-hydrogen) atoms. The van der Waals surface area contributed by atoms with Crippen molar-refractivity contribution in [3.05, 3.63) is 88.2 Å². The second-order valence-corrected chi connectivity index (χ2v) is 7.04. The van der Waals surface area contributed by atoms with Crippen molar-refractivity contribution in [3.63, 3.8) is 0 Å². The highest BCUT2D eigenvalue weighted by Crippen LogP contribution is 2.26. The predicted molar refractivity (Wildman–Crippen MR) is 111 cm³/mol. The van der Waals surface area contributed by atoms with Gasteiger partial charge in [0, 0.05) is 18.1 Å². The molecule has 0 saturated heterocycles. The fourth-order valence-corrected chi connectivity index (χ4v) is 3.20. The number of ether oxygens (including phenoxy) is 1. The molecule has 1 heterocycles. The number of amides is 1. The number of halogens is 1. The number of carbonyl (C=O) groups is 1. The highest BCUT2D eigenvalue weighted by atomic mass is 79.9. The average molecular weight is 425 g/mol. The molecule has 0 unspecified atom stereocenters. The van der Waals surface area contributed by atoms with Crippen LogP contribution in [0.3, 0.4) is 0 Å². The number of pyridine rings is 1. The first kappa shape index (κ1) is 19.1. The van der Waals surface area contributed by atoms with Crippen LogP contribution in [0.1, 0.15) is 23.6 Å². The van der Waals surface area contributed by atoms with E-state index in [0.717, 1.165) is 23.0 Å². The van der Waals surface area contributed by atoms with Gasteiger partial charge in [0.1, 0.15) is 5.75 Å². The number of nitrogens with one attached hydrogen (secondary N) is 1. The maximum absolute atomic E-state index is 12.1. The van der Waals surface area contributed by atoms with Crippen LogP contribution in [0.2, 0.25) is 0 Å². The molecule has 1 N–H and O–H groups in total. The molecular formula is C22H21BrN2O2. The van der Waals surface area contributed by atoms with E-state index in [2.05, 4.69) is 33.2 Å².